The zero-order chi connectivity index (χ0) is 9.10. The van der Waals surface area contributed by atoms with Gasteiger partial charge in [-0.15, -0.1) is 0 Å². The van der Waals surface area contributed by atoms with E-state index in [1.54, 1.807) is 0 Å². The van der Waals surface area contributed by atoms with Crippen LogP contribution in [-0.2, 0) is 23.8 Å². The fraction of sp³-hybridized carbons (Fsp3) is 0.714. The van der Waals surface area contributed by atoms with E-state index in [0.717, 1.165) is 0 Å². The topological polar surface area (TPSA) is 73.9 Å². The number of carbonyl (C=O) groups is 2. The first-order valence-corrected chi connectivity index (χ1v) is 4.00. The third-order valence-electron chi connectivity index (χ3n) is 2.47. The van der Waals surface area contributed by atoms with Crippen LogP contribution < -0.4 is 5.32 Å². The second-order valence-electron chi connectivity index (χ2n) is 3.53. The molecular weight excluding hydrogens is 178 g/mol. The van der Waals surface area contributed by atoms with Crippen molar-refractivity contribution in [1.29, 1.82) is 0 Å². The van der Waals surface area contributed by atoms with Crippen molar-refractivity contribution >= 4 is 11.9 Å². The van der Waals surface area contributed by atoms with Crippen molar-refractivity contribution in [2.75, 3.05) is 13.1 Å². The highest BCUT2D eigenvalue weighted by molar-refractivity contribution is 6.31. The van der Waals surface area contributed by atoms with Crippen molar-refractivity contribution in [3.63, 3.8) is 0 Å². The predicted octanol–water partition coefficient (Wildman–Crippen LogP) is -1.50. The molecule has 13 heavy (non-hydrogen) atoms. The molecule has 0 aliphatic carbocycles. The van der Waals surface area contributed by atoms with Gasteiger partial charge in [0.05, 0.1) is 6.42 Å². The lowest BCUT2D eigenvalue weighted by Gasteiger charge is -2.55. The monoisotopic (exact) mass is 185 g/mol. The van der Waals surface area contributed by atoms with Gasteiger partial charge in [-0.2, -0.15) is 0 Å². The van der Waals surface area contributed by atoms with Crippen molar-refractivity contribution in [3.05, 3.63) is 0 Å². The summed E-state index contributed by atoms with van der Waals surface area (Å²) in [7, 11) is 0. The Labute approximate surface area is 73.1 Å². The zero-order valence-corrected chi connectivity index (χ0v) is 6.66. The van der Waals surface area contributed by atoms with Gasteiger partial charge in [-0.1, -0.05) is 0 Å². The summed E-state index contributed by atoms with van der Waals surface area (Å²) in [5, 5.41) is 3.03. The summed E-state index contributed by atoms with van der Waals surface area (Å²) in [6, 6.07) is 0. The Kier molecular flexibility index (Phi) is 1.04. The van der Waals surface area contributed by atoms with Gasteiger partial charge in [0.2, 0.25) is 0 Å². The van der Waals surface area contributed by atoms with E-state index in [2.05, 4.69) is 14.8 Å². The van der Waals surface area contributed by atoms with E-state index in [4.69, 9.17) is 4.74 Å². The number of hydrogen-bond donors (Lipinski definition) is 1. The Balaban J connectivity index is 1.74. The molecule has 3 fully saturated rings. The van der Waals surface area contributed by atoms with Crippen LogP contribution >= 0.6 is 0 Å². The highest BCUT2D eigenvalue weighted by Crippen LogP contribution is 2.47. The van der Waals surface area contributed by atoms with E-state index >= 15 is 0 Å². The zero-order valence-electron chi connectivity index (χ0n) is 6.66. The van der Waals surface area contributed by atoms with Crippen LogP contribution in [0.15, 0.2) is 0 Å². The molecule has 70 valence electrons. The van der Waals surface area contributed by atoms with Gasteiger partial charge in [-0.05, 0) is 0 Å². The average molecular weight is 185 g/mol. The summed E-state index contributed by atoms with van der Waals surface area (Å²) < 4.78 is 14.6. The molecule has 0 aromatic rings. The smallest absolute Gasteiger partial charge is 0.389 e. The number of hydrogen-bond acceptors (Lipinski definition) is 6. The van der Waals surface area contributed by atoms with E-state index in [9.17, 15) is 9.59 Å². The van der Waals surface area contributed by atoms with Gasteiger partial charge < -0.3 is 14.8 Å². The van der Waals surface area contributed by atoms with E-state index in [1.165, 1.54) is 0 Å². The molecule has 0 radical (unpaired) electrons. The number of rotatable bonds is 0. The summed E-state index contributed by atoms with van der Waals surface area (Å²) in [4.78, 5) is 21.4. The molecule has 3 heterocycles. The van der Waals surface area contributed by atoms with Gasteiger partial charge in [0, 0.05) is 13.1 Å². The lowest BCUT2D eigenvalue weighted by Crippen LogP contribution is -2.74. The van der Waals surface area contributed by atoms with Crippen molar-refractivity contribution in [2.24, 2.45) is 0 Å². The molecule has 3 aliphatic heterocycles. The molecule has 0 saturated carbocycles. The van der Waals surface area contributed by atoms with Gasteiger partial charge >= 0.3 is 17.9 Å². The molecule has 3 aliphatic rings. The largest absolute Gasteiger partial charge is 0.422 e. The molecule has 6 heteroatoms. The summed E-state index contributed by atoms with van der Waals surface area (Å²) >= 11 is 0. The molecule has 0 bridgehead atoms. The molecule has 6 nitrogen and oxygen atoms in total. The van der Waals surface area contributed by atoms with Crippen molar-refractivity contribution in [1.82, 2.24) is 5.32 Å². The summed E-state index contributed by atoms with van der Waals surface area (Å²) in [5.41, 5.74) is -0.273. The van der Waals surface area contributed by atoms with Crippen molar-refractivity contribution in [2.45, 2.75) is 18.0 Å². The molecule has 0 aromatic carbocycles. The standard InChI is InChI=1S/C7H7NO5/c9-4-5(10)12-7(11-4)1-6(13-7)2-8-3-6/h8H,1-3H2. The highest BCUT2D eigenvalue weighted by Gasteiger charge is 2.68. The Hall–Kier alpha value is -1.14. The predicted molar refractivity (Wildman–Crippen MR) is 36.2 cm³/mol. The Morgan fingerprint density at radius 3 is 2.08 bits per heavy atom. The quantitative estimate of drug-likeness (QED) is 0.366. The van der Waals surface area contributed by atoms with Gasteiger partial charge in [0.25, 0.3) is 0 Å². The number of carbonyl (C=O) groups excluding carboxylic acids is 2. The summed E-state index contributed by atoms with van der Waals surface area (Å²) in [6.45, 7) is 1.42. The van der Waals surface area contributed by atoms with Crippen LogP contribution in [0.2, 0.25) is 0 Å². The third-order valence-corrected chi connectivity index (χ3v) is 2.47. The first kappa shape index (κ1) is 7.28. The van der Waals surface area contributed by atoms with Crippen LogP contribution in [0.1, 0.15) is 6.42 Å². The Bertz CT molecular complexity index is 282. The van der Waals surface area contributed by atoms with Crippen molar-refractivity contribution in [3.8, 4) is 0 Å². The average Bonchev–Trinajstić information content (AvgIpc) is 2.21. The molecule has 1 N–H and O–H groups in total. The van der Waals surface area contributed by atoms with Crippen LogP contribution in [0, 0.1) is 0 Å². The van der Waals surface area contributed by atoms with Gasteiger partial charge in [-0.3, -0.25) is 4.74 Å². The third kappa shape index (κ3) is 0.790. The number of nitrogens with one attached hydrogen (secondary N) is 1. The molecule has 3 rings (SSSR count). The summed E-state index contributed by atoms with van der Waals surface area (Å²) in [6.07, 6.45) is 0.435. The van der Waals surface area contributed by atoms with Gasteiger partial charge in [0.1, 0.15) is 5.60 Å². The number of ether oxygens (including phenoxy) is 3. The summed E-state index contributed by atoms with van der Waals surface area (Å²) in [5.74, 6) is -3.33. The van der Waals surface area contributed by atoms with Crippen LogP contribution in [0.4, 0.5) is 0 Å². The fourth-order valence-corrected chi connectivity index (χ4v) is 1.82. The molecule has 3 saturated heterocycles. The van der Waals surface area contributed by atoms with Crippen LogP contribution in [-0.4, -0.2) is 36.6 Å². The lowest BCUT2D eigenvalue weighted by atomic mass is 9.86. The van der Waals surface area contributed by atoms with Crippen molar-refractivity contribution < 1.29 is 23.8 Å². The second-order valence-corrected chi connectivity index (χ2v) is 3.53. The normalized spacial score (nSPS) is 32.3. The van der Waals surface area contributed by atoms with E-state index in [-0.39, 0.29) is 5.60 Å². The van der Waals surface area contributed by atoms with Gasteiger partial charge in [-0.25, -0.2) is 9.59 Å². The van der Waals surface area contributed by atoms with Crippen LogP contribution in [0.25, 0.3) is 0 Å². The Morgan fingerprint density at radius 1 is 1.15 bits per heavy atom. The molecule has 0 amide bonds. The molecule has 0 aromatic heterocycles. The minimum Gasteiger partial charge on any atom is -0.389 e. The maximum Gasteiger partial charge on any atom is 0.422 e. The molecular formula is C7H7NO5. The van der Waals surface area contributed by atoms with Gasteiger partial charge in [0.15, 0.2) is 0 Å². The van der Waals surface area contributed by atoms with E-state index < -0.39 is 17.9 Å². The lowest BCUT2D eigenvalue weighted by molar-refractivity contribution is -0.450. The maximum atomic E-state index is 10.7. The van der Waals surface area contributed by atoms with Crippen LogP contribution in [0.5, 0.6) is 0 Å². The maximum absolute atomic E-state index is 10.7. The van der Waals surface area contributed by atoms with E-state index in [1.807, 2.05) is 0 Å². The molecule has 2 spiro atoms. The second kappa shape index (κ2) is 1.85. The Morgan fingerprint density at radius 2 is 1.69 bits per heavy atom. The van der Waals surface area contributed by atoms with Crippen LogP contribution in [0.3, 0.4) is 0 Å². The SMILES string of the molecule is O=C1OC2(CC3(CNC3)O2)OC1=O. The number of esters is 2. The molecule has 0 unspecified atom stereocenters. The fourth-order valence-electron chi connectivity index (χ4n) is 1.82. The first-order valence-electron chi connectivity index (χ1n) is 4.00. The minimum absolute atomic E-state index is 0.273. The minimum atomic E-state index is -1.39. The van der Waals surface area contributed by atoms with E-state index in [0.29, 0.717) is 19.5 Å². The first-order chi connectivity index (χ1) is 6.13. The molecule has 0 atom stereocenters. The highest BCUT2D eigenvalue weighted by atomic mass is 16.9.